The monoisotopic (exact) mass is 455 g/mol. The molecule has 1 aliphatic carbocycles. The van der Waals surface area contributed by atoms with E-state index in [1.165, 1.54) is 12.1 Å². The second kappa shape index (κ2) is 9.83. The summed E-state index contributed by atoms with van der Waals surface area (Å²) in [4.78, 5) is 27.6. The molecule has 4 rings (SSSR count). The van der Waals surface area contributed by atoms with E-state index in [1.54, 1.807) is 17.0 Å². The summed E-state index contributed by atoms with van der Waals surface area (Å²) in [6.07, 6.45) is 5.18. The lowest BCUT2D eigenvalue weighted by atomic mass is 9.96. The molecule has 7 nitrogen and oxygen atoms in total. The van der Waals surface area contributed by atoms with Gasteiger partial charge in [0, 0.05) is 30.4 Å². The van der Waals surface area contributed by atoms with E-state index < -0.39 is 10.0 Å². The molecule has 1 heterocycles. The van der Waals surface area contributed by atoms with Crippen LogP contribution in [0, 0.1) is 5.92 Å². The lowest BCUT2D eigenvalue weighted by Gasteiger charge is -2.32. The van der Waals surface area contributed by atoms with Crippen LogP contribution in [0.3, 0.4) is 0 Å². The number of nitrogens with one attached hydrogen (secondary N) is 2. The van der Waals surface area contributed by atoms with Crippen LogP contribution < -0.4 is 10.0 Å². The zero-order valence-electron chi connectivity index (χ0n) is 18.0. The fourth-order valence-corrected chi connectivity index (χ4v) is 5.80. The number of likely N-dealkylation sites (tertiary alicyclic amines) is 1. The standard InChI is InChI=1S/C24H29N3O4S/c28-23(25-20-10-2-1-3-11-20)19-9-7-15-27(17-19)24(29)18-8-6-14-22(16-18)32(30,31)26-21-12-4-5-13-21/h1-3,6,8,10-11,14,16,19,21,26H,4-5,7,9,12-13,15,17H2,(H,25,28). The summed E-state index contributed by atoms with van der Waals surface area (Å²) in [6, 6.07) is 15.4. The van der Waals surface area contributed by atoms with E-state index in [0.29, 0.717) is 25.1 Å². The van der Waals surface area contributed by atoms with Crippen LogP contribution >= 0.6 is 0 Å². The van der Waals surface area contributed by atoms with Crippen LogP contribution in [0.4, 0.5) is 5.69 Å². The van der Waals surface area contributed by atoms with Crippen LogP contribution in [0.15, 0.2) is 59.5 Å². The number of hydrogen-bond donors (Lipinski definition) is 2. The molecule has 2 aliphatic rings. The number of sulfonamides is 1. The molecule has 0 aromatic heterocycles. The van der Waals surface area contributed by atoms with Gasteiger partial charge in [-0.25, -0.2) is 13.1 Å². The summed E-state index contributed by atoms with van der Waals surface area (Å²) in [6.45, 7) is 0.861. The lowest BCUT2D eigenvalue weighted by Crippen LogP contribution is -2.43. The quantitative estimate of drug-likeness (QED) is 0.698. The molecule has 0 radical (unpaired) electrons. The van der Waals surface area contributed by atoms with Crippen LogP contribution in [0.2, 0.25) is 0 Å². The first kappa shape index (κ1) is 22.5. The molecule has 32 heavy (non-hydrogen) atoms. The molecular formula is C24H29N3O4S. The van der Waals surface area contributed by atoms with Crippen LogP contribution in [0.5, 0.6) is 0 Å². The van der Waals surface area contributed by atoms with Gasteiger partial charge in [-0.2, -0.15) is 0 Å². The van der Waals surface area contributed by atoms with Gasteiger partial charge < -0.3 is 10.2 Å². The van der Waals surface area contributed by atoms with Crippen molar-refractivity contribution >= 4 is 27.5 Å². The zero-order valence-corrected chi connectivity index (χ0v) is 18.8. The molecule has 2 amide bonds. The molecular weight excluding hydrogens is 426 g/mol. The highest BCUT2D eigenvalue weighted by Gasteiger charge is 2.30. The number of benzene rings is 2. The Bertz CT molecular complexity index is 1070. The van der Waals surface area contributed by atoms with Gasteiger partial charge in [-0.15, -0.1) is 0 Å². The molecule has 8 heteroatoms. The predicted octanol–water partition coefficient (Wildman–Crippen LogP) is 3.40. The summed E-state index contributed by atoms with van der Waals surface area (Å²) in [5.41, 5.74) is 1.05. The third kappa shape index (κ3) is 5.37. The van der Waals surface area contributed by atoms with Gasteiger partial charge in [-0.1, -0.05) is 37.1 Å². The average Bonchev–Trinajstić information content (AvgIpc) is 3.32. The number of rotatable bonds is 6. The number of carbonyl (C=O) groups excluding carboxylic acids is 2. The molecule has 170 valence electrons. The molecule has 2 aromatic carbocycles. The van der Waals surface area contributed by atoms with Crippen molar-refractivity contribution in [3.05, 3.63) is 60.2 Å². The van der Waals surface area contributed by atoms with Crippen molar-refractivity contribution in [2.75, 3.05) is 18.4 Å². The normalized spacial score (nSPS) is 19.6. The maximum atomic E-state index is 13.1. The van der Waals surface area contributed by atoms with Crippen molar-refractivity contribution in [2.45, 2.75) is 49.5 Å². The number of hydrogen-bond acceptors (Lipinski definition) is 4. The SMILES string of the molecule is O=C(Nc1ccccc1)C1CCCN(C(=O)c2cccc(S(=O)(=O)NC3CCCC3)c2)C1. The third-order valence-corrected chi connectivity index (χ3v) is 7.71. The largest absolute Gasteiger partial charge is 0.338 e. The summed E-state index contributed by atoms with van der Waals surface area (Å²) >= 11 is 0. The number of nitrogens with zero attached hydrogens (tertiary/aromatic N) is 1. The van der Waals surface area contributed by atoms with E-state index in [4.69, 9.17) is 0 Å². The fraction of sp³-hybridized carbons (Fsp3) is 0.417. The Balaban J connectivity index is 1.43. The van der Waals surface area contributed by atoms with Gasteiger partial charge in [-0.05, 0) is 56.0 Å². The van der Waals surface area contributed by atoms with Crippen molar-refractivity contribution in [2.24, 2.45) is 5.92 Å². The fourth-order valence-electron chi connectivity index (χ4n) is 4.45. The molecule has 2 aromatic rings. The van der Waals surface area contributed by atoms with Gasteiger partial charge in [0.25, 0.3) is 5.91 Å². The summed E-state index contributed by atoms with van der Waals surface area (Å²) in [7, 11) is -3.67. The Labute approximate surface area is 189 Å². The van der Waals surface area contributed by atoms with Gasteiger partial charge in [0.05, 0.1) is 10.8 Å². The molecule has 2 fully saturated rings. The Kier molecular flexibility index (Phi) is 6.91. The van der Waals surface area contributed by atoms with Crippen LogP contribution in [-0.4, -0.2) is 44.3 Å². The van der Waals surface area contributed by atoms with Gasteiger partial charge in [0.15, 0.2) is 0 Å². The molecule has 0 bridgehead atoms. The number of amides is 2. The van der Waals surface area contributed by atoms with Gasteiger partial charge in [0.2, 0.25) is 15.9 Å². The zero-order chi connectivity index (χ0) is 22.6. The van der Waals surface area contributed by atoms with Crippen LogP contribution in [-0.2, 0) is 14.8 Å². The summed E-state index contributed by atoms with van der Waals surface area (Å²) in [5, 5.41) is 2.91. The third-order valence-electron chi connectivity index (χ3n) is 6.19. The van der Waals surface area contributed by atoms with Gasteiger partial charge >= 0.3 is 0 Å². The number of piperidine rings is 1. The van der Waals surface area contributed by atoms with Gasteiger partial charge in [-0.3, -0.25) is 9.59 Å². The highest BCUT2D eigenvalue weighted by molar-refractivity contribution is 7.89. The summed E-state index contributed by atoms with van der Waals surface area (Å²) < 4.78 is 28.3. The van der Waals surface area contributed by atoms with E-state index in [-0.39, 0.29) is 28.7 Å². The van der Waals surface area contributed by atoms with Crippen molar-refractivity contribution in [1.82, 2.24) is 9.62 Å². The molecule has 1 atom stereocenters. The van der Waals surface area contributed by atoms with E-state index in [2.05, 4.69) is 10.0 Å². The van der Waals surface area contributed by atoms with Crippen molar-refractivity contribution in [3.63, 3.8) is 0 Å². The Morgan fingerprint density at radius 1 is 0.906 bits per heavy atom. The first-order valence-electron chi connectivity index (χ1n) is 11.2. The smallest absolute Gasteiger partial charge is 0.253 e. The Morgan fingerprint density at radius 3 is 2.41 bits per heavy atom. The first-order chi connectivity index (χ1) is 15.4. The molecule has 1 saturated carbocycles. The number of anilines is 1. The van der Waals surface area contributed by atoms with Crippen LogP contribution in [0.1, 0.15) is 48.9 Å². The van der Waals surface area contributed by atoms with Crippen molar-refractivity contribution in [1.29, 1.82) is 0 Å². The molecule has 2 N–H and O–H groups in total. The highest BCUT2D eigenvalue weighted by atomic mass is 32.2. The molecule has 1 aliphatic heterocycles. The van der Waals surface area contributed by atoms with Crippen molar-refractivity contribution in [3.8, 4) is 0 Å². The minimum Gasteiger partial charge on any atom is -0.338 e. The highest BCUT2D eigenvalue weighted by Crippen LogP contribution is 2.23. The van der Waals surface area contributed by atoms with Crippen LogP contribution in [0.25, 0.3) is 0 Å². The number of carbonyl (C=O) groups is 2. The van der Waals surface area contributed by atoms with Crippen molar-refractivity contribution < 1.29 is 18.0 Å². The maximum Gasteiger partial charge on any atom is 0.253 e. The average molecular weight is 456 g/mol. The minimum absolute atomic E-state index is 0.0367. The maximum absolute atomic E-state index is 13.1. The predicted molar refractivity (Wildman–Crippen MR) is 123 cm³/mol. The number of para-hydroxylation sites is 1. The van der Waals surface area contributed by atoms with E-state index in [9.17, 15) is 18.0 Å². The van der Waals surface area contributed by atoms with Gasteiger partial charge in [0.1, 0.15) is 0 Å². The second-order valence-electron chi connectivity index (χ2n) is 8.58. The van der Waals surface area contributed by atoms with E-state index in [0.717, 1.165) is 37.8 Å². The first-order valence-corrected chi connectivity index (χ1v) is 12.7. The second-order valence-corrected chi connectivity index (χ2v) is 10.3. The molecule has 1 saturated heterocycles. The van der Waals surface area contributed by atoms with E-state index in [1.807, 2.05) is 30.3 Å². The summed E-state index contributed by atoms with van der Waals surface area (Å²) in [5.74, 6) is -0.658. The molecule has 0 spiro atoms. The topological polar surface area (TPSA) is 95.6 Å². The van der Waals surface area contributed by atoms with E-state index >= 15 is 0 Å². The Morgan fingerprint density at radius 2 is 1.66 bits per heavy atom. The Hall–Kier alpha value is -2.71. The lowest BCUT2D eigenvalue weighted by molar-refractivity contribution is -0.121. The molecule has 1 unspecified atom stereocenters. The minimum atomic E-state index is -3.67.